The standard InChI is InChI=1S/C19H23ClN2O5S/c1-4-13(2)21-19(23)12-27-18-10-9-16(11-17(18)20)28(24,25)22-14-5-7-15(26-3)8-6-14/h5-11,13,22H,4,12H2,1-3H3,(H,21,23)/t13-/m0/s1. The molecule has 9 heteroatoms. The summed E-state index contributed by atoms with van der Waals surface area (Å²) in [6.45, 7) is 3.64. The second-order valence-corrected chi connectivity index (χ2v) is 8.18. The Morgan fingerprint density at radius 2 is 1.86 bits per heavy atom. The van der Waals surface area contributed by atoms with Crippen LogP contribution >= 0.6 is 11.6 Å². The highest BCUT2D eigenvalue weighted by Gasteiger charge is 2.17. The molecule has 0 aliphatic heterocycles. The van der Waals surface area contributed by atoms with E-state index >= 15 is 0 Å². The van der Waals surface area contributed by atoms with E-state index in [4.69, 9.17) is 21.1 Å². The minimum absolute atomic E-state index is 0.0234. The Morgan fingerprint density at radius 1 is 1.18 bits per heavy atom. The maximum atomic E-state index is 12.5. The summed E-state index contributed by atoms with van der Waals surface area (Å²) in [4.78, 5) is 11.8. The van der Waals surface area contributed by atoms with E-state index in [1.165, 1.54) is 25.3 Å². The van der Waals surface area contributed by atoms with Gasteiger partial charge < -0.3 is 14.8 Å². The van der Waals surface area contributed by atoms with Crippen LogP contribution in [0.4, 0.5) is 5.69 Å². The minimum Gasteiger partial charge on any atom is -0.497 e. The van der Waals surface area contributed by atoms with Gasteiger partial charge in [-0.25, -0.2) is 8.42 Å². The molecule has 0 saturated carbocycles. The van der Waals surface area contributed by atoms with Gasteiger partial charge in [0.1, 0.15) is 11.5 Å². The molecule has 1 atom stereocenters. The van der Waals surface area contributed by atoms with E-state index in [-0.39, 0.29) is 34.2 Å². The number of carbonyl (C=O) groups is 1. The molecule has 0 aliphatic rings. The summed E-state index contributed by atoms with van der Waals surface area (Å²) in [6.07, 6.45) is 0.806. The molecule has 0 heterocycles. The molecule has 2 N–H and O–H groups in total. The van der Waals surface area contributed by atoms with Crippen molar-refractivity contribution in [2.75, 3.05) is 18.4 Å². The van der Waals surface area contributed by atoms with Crippen molar-refractivity contribution in [3.05, 3.63) is 47.5 Å². The number of anilines is 1. The molecule has 1 amide bonds. The molecule has 0 fully saturated rings. The molecule has 0 radical (unpaired) electrons. The third-order valence-electron chi connectivity index (χ3n) is 3.93. The van der Waals surface area contributed by atoms with E-state index in [2.05, 4.69) is 10.0 Å². The zero-order valence-corrected chi connectivity index (χ0v) is 17.4. The Hall–Kier alpha value is -2.45. The number of nitrogens with one attached hydrogen (secondary N) is 2. The first-order valence-electron chi connectivity index (χ1n) is 8.63. The molecule has 0 unspecified atom stereocenters. The van der Waals surface area contributed by atoms with Gasteiger partial charge in [-0.3, -0.25) is 9.52 Å². The summed E-state index contributed by atoms with van der Waals surface area (Å²) in [5.74, 6) is 0.567. The van der Waals surface area contributed by atoms with E-state index in [0.29, 0.717) is 11.4 Å². The molecule has 0 bridgehead atoms. The Bertz CT molecular complexity index is 916. The minimum atomic E-state index is -3.83. The Morgan fingerprint density at radius 3 is 2.43 bits per heavy atom. The van der Waals surface area contributed by atoms with Gasteiger partial charge in [-0.15, -0.1) is 0 Å². The highest BCUT2D eigenvalue weighted by atomic mass is 35.5. The number of hydrogen-bond acceptors (Lipinski definition) is 5. The largest absolute Gasteiger partial charge is 0.497 e. The van der Waals surface area contributed by atoms with Gasteiger partial charge in [-0.2, -0.15) is 0 Å². The van der Waals surface area contributed by atoms with Gasteiger partial charge in [0.2, 0.25) is 0 Å². The maximum absolute atomic E-state index is 12.5. The lowest BCUT2D eigenvalue weighted by atomic mass is 10.2. The fraction of sp³-hybridized carbons (Fsp3) is 0.316. The van der Waals surface area contributed by atoms with Gasteiger partial charge in [0, 0.05) is 11.7 Å². The lowest BCUT2D eigenvalue weighted by Gasteiger charge is -2.13. The van der Waals surface area contributed by atoms with Crippen molar-refractivity contribution in [1.29, 1.82) is 0 Å². The number of amides is 1. The lowest BCUT2D eigenvalue weighted by molar-refractivity contribution is -0.123. The summed E-state index contributed by atoms with van der Waals surface area (Å²) >= 11 is 6.13. The van der Waals surface area contributed by atoms with Crippen LogP contribution in [0.5, 0.6) is 11.5 Å². The van der Waals surface area contributed by atoms with Gasteiger partial charge >= 0.3 is 0 Å². The first-order chi connectivity index (χ1) is 13.2. The zero-order chi connectivity index (χ0) is 20.7. The van der Waals surface area contributed by atoms with Gasteiger partial charge in [-0.1, -0.05) is 18.5 Å². The van der Waals surface area contributed by atoms with E-state index in [0.717, 1.165) is 6.42 Å². The van der Waals surface area contributed by atoms with E-state index in [1.54, 1.807) is 24.3 Å². The van der Waals surface area contributed by atoms with Gasteiger partial charge in [0.15, 0.2) is 6.61 Å². The van der Waals surface area contributed by atoms with E-state index in [1.807, 2.05) is 13.8 Å². The number of halogens is 1. The SMILES string of the molecule is CC[C@H](C)NC(=O)COc1ccc(S(=O)(=O)Nc2ccc(OC)cc2)cc1Cl. The van der Waals surface area contributed by atoms with Crippen molar-refractivity contribution in [2.24, 2.45) is 0 Å². The Labute approximate surface area is 170 Å². The average Bonchev–Trinajstić information content (AvgIpc) is 2.67. The highest BCUT2D eigenvalue weighted by molar-refractivity contribution is 7.92. The molecule has 0 aliphatic carbocycles. The number of hydrogen-bond donors (Lipinski definition) is 2. The maximum Gasteiger partial charge on any atom is 0.261 e. The predicted molar refractivity (Wildman–Crippen MR) is 109 cm³/mol. The lowest BCUT2D eigenvalue weighted by Crippen LogP contribution is -2.35. The average molecular weight is 427 g/mol. The van der Waals surface area contributed by atoms with Crippen LogP contribution in [-0.4, -0.2) is 34.1 Å². The summed E-state index contributed by atoms with van der Waals surface area (Å²) < 4.78 is 38.0. The fourth-order valence-corrected chi connectivity index (χ4v) is 3.58. The second kappa shape index (κ2) is 9.66. The number of carbonyl (C=O) groups excluding carboxylic acids is 1. The van der Waals surface area contributed by atoms with E-state index in [9.17, 15) is 13.2 Å². The molecule has 7 nitrogen and oxygen atoms in total. The monoisotopic (exact) mass is 426 g/mol. The van der Waals surface area contributed by atoms with Crippen LogP contribution in [-0.2, 0) is 14.8 Å². The van der Waals surface area contributed by atoms with Crippen LogP contribution in [0.2, 0.25) is 5.02 Å². The third-order valence-corrected chi connectivity index (χ3v) is 5.61. The van der Waals surface area contributed by atoms with Crippen molar-refractivity contribution in [1.82, 2.24) is 5.32 Å². The van der Waals surface area contributed by atoms with Crippen molar-refractivity contribution in [3.8, 4) is 11.5 Å². The van der Waals surface area contributed by atoms with Gasteiger partial charge in [0.25, 0.3) is 15.9 Å². The van der Waals surface area contributed by atoms with Crippen molar-refractivity contribution in [3.63, 3.8) is 0 Å². The number of methoxy groups -OCH3 is 1. The first-order valence-corrected chi connectivity index (χ1v) is 10.5. The fourth-order valence-electron chi connectivity index (χ4n) is 2.20. The number of benzene rings is 2. The van der Waals surface area contributed by atoms with Crippen LogP contribution in [0.15, 0.2) is 47.4 Å². The van der Waals surface area contributed by atoms with Crippen molar-refractivity contribution < 1.29 is 22.7 Å². The molecule has 0 aromatic heterocycles. The number of sulfonamides is 1. The molecule has 0 saturated heterocycles. The molecular weight excluding hydrogens is 404 g/mol. The number of rotatable bonds is 9. The van der Waals surface area contributed by atoms with Crippen LogP contribution in [0.1, 0.15) is 20.3 Å². The van der Waals surface area contributed by atoms with Crippen LogP contribution < -0.4 is 19.5 Å². The molecule has 2 aromatic carbocycles. The highest BCUT2D eigenvalue weighted by Crippen LogP contribution is 2.28. The molecule has 152 valence electrons. The van der Waals surface area contributed by atoms with Crippen molar-refractivity contribution >= 4 is 33.2 Å². The van der Waals surface area contributed by atoms with Gasteiger partial charge in [-0.05, 0) is 55.8 Å². The zero-order valence-electron chi connectivity index (χ0n) is 15.9. The van der Waals surface area contributed by atoms with Crippen LogP contribution in [0.25, 0.3) is 0 Å². The molecule has 2 rings (SSSR count). The smallest absolute Gasteiger partial charge is 0.261 e. The van der Waals surface area contributed by atoms with E-state index < -0.39 is 10.0 Å². The number of ether oxygens (including phenoxy) is 2. The summed E-state index contributed by atoms with van der Waals surface area (Å²) in [5, 5.41) is 2.86. The summed E-state index contributed by atoms with van der Waals surface area (Å²) in [5.41, 5.74) is 0.388. The second-order valence-electron chi connectivity index (χ2n) is 6.09. The molecule has 2 aromatic rings. The normalized spacial score (nSPS) is 12.1. The molecule has 0 spiro atoms. The Balaban J connectivity index is 2.06. The Kier molecular flexibility index (Phi) is 7.53. The van der Waals surface area contributed by atoms with Crippen LogP contribution in [0, 0.1) is 0 Å². The summed E-state index contributed by atoms with van der Waals surface area (Å²) in [6, 6.07) is 10.6. The topological polar surface area (TPSA) is 93.7 Å². The van der Waals surface area contributed by atoms with Crippen LogP contribution in [0.3, 0.4) is 0 Å². The first kappa shape index (κ1) is 21.8. The quantitative estimate of drug-likeness (QED) is 0.640. The third kappa shape index (κ3) is 6.03. The van der Waals surface area contributed by atoms with Crippen molar-refractivity contribution in [2.45, 2.75) is 31.2 Å². The molecule has 28 heavy (non-hydrogen) atoms. The molecular formula is C19H23ClN2O5S. The van der Waals surface area contributed by atoms with Gasteiger partial charge in [0.05, 0.1) is 17.0 Å². The predicted octanol–water partition coefficient (Wildman–Crippen LogP) is 3.44. The summed E-state index contributed by atoms with van der Waals surface area (Å²) in [7, 11) is -2.31.